The number of sulfonamides is 1. The van der Waals surface area contributed by atoms with Gasteiger partial charge in [-0.3, -0.25) is 4.79 Å². The fourth-order valence-electron chi connectivity index (χ4n) is 3.79. The maximum atomic E-state index is 13.1. The normalized spacial score (nSPS) is 16.7. The highest BCUT2D eigenvalue weighted by Crippen LogP contribution is 2.29. The first-order valence-electron chi connectivity index (χ1n) is 10.1. The van der Waals surface area contributed by atoms with Gasteiger partial charge in [0.15, 0.2) is 0 Å². The third kappa shape index (κ3) is 5.01. The van der Waals surface area contributed by atoms with Gasteiger partial charge in [0.25, 0.3) is 0 Å². The SMILES string of the molecule is O=C(N[C@@H](c1ccccc1)c1cccs1)C1CCN(S(=O)(=O)c2ccc(Cl)cc2)CC1. The number of carbonyl (C=O) groups is 1. The maximum Gasteiger partial charge on any atom is 0.243 e. The van der Waals surface area contributed by atoms with E-state index >= 15 is 0 Å². The molecule has 0 spiro atoms. The number of carbonyl (C=O) groups excluding carboxylic acids is 1. The Morgan fingerprint density at radius 2 is 1.68 bits per heavy atom. The summed E-state index contributed by atoms with van der Waals surface area (Å²) in [6, 6.07) is 19.8. The molecule has 0 unspecified atom stereocenters. The van der Waals surface area contributed by atoms with Crippen molar-refractivity contribution in [2.24, 2.45) is 5.92 Å². The monoisotopic (exact) mass is 474 g/mol. The maximum absolute atomic E-state index is 13.1. The third-order valence-electron chi connectivity index (χ3n) is 5.52. The van der Waals surface area contributed by atoms with E-state index in [1.807, 2.05) is 47.8 Å². The van der Waals surface area contributed by atoms with Crippen molar-refractivity contribution < 1.29 is 13.2 Å². The third-order valence-corrected chi connectivity index (χ3v) is 8.63. The van der Waals surface area contributed by atoms with E-state index in [1.54, 1.807) is 23.5 Å². The van der Waals surface area contributed by atoms with Gasteiger partial charge in [-0.15, -0.1) is 11.3 Å². The van der Waals surface area contributed by atoms with Crippen LogP contribution in [-0.2, 0) is 14.8 Å². The Kier molecular flexibility index (Phi) is 6.77. The van der Waals surface area contributed by atoms with Gasteiger partial charge in [-0.1, -0.05) is 48.0 Å². The van der Waals surface area contributed by atoms with Crippen LogP contribution in [-0.4, -0.2) is 31.7 Å². The van der Waals surface area contributed by atoms with E-state index in [0.29, 0.717) is 31.0 Å². The zero-order valence-corrected chi connectivity index (χ0v) is 19.2. The van der Waals surface area contributed by atoms with E-state index in [1.165, 1.54) is 16.4 Å². The molecular weight excluding hydrogens is 452 g/mol. The summed E-state index contributed by atoms with van der Waals surface area (Å²) in [5.41, 5.74) is 1.03. The minimum Gasteiger partial charge on any atom is -0.344 e. The first-order chi connectivity index (χ1) is 14.9. The van der Waals surface area contributed by atoms with E-state index in [9.17, 15) is 13.2 Å². The Morgan fingerprint density at radius 1 is 1.00 bits per heavy atom. The average Bonchev–Trinajstić information content (AvgIpc) is 3.33. The summed E-state index contributed by atoms with van der Waals surface area (Å²) in [7, 11) is -3.58. The molecule has 2 heterocycles. The van der Waals surface area contributed by atoms with Crippen LogP contribution in [0.4, 0.5) is 0 Å². The Morgan fingerprint density at radius 3 is 2.29 bits per heavy atom. The van der Waals surface area contributed by atoms with Crippen molar-refractivity contribution in [3.8, 4) is 0 Å². The van der Waals surface area contributed by atoms with Crippen LogP contribution < -0.4 is 5.32 Å². The molecule has 0 bridgehead atoms. The minimum atomic E-state index is -3.58. The Balaban J connectivity index is 1.42. The van der Waals surface area contributed by atoms with Gasteiger partial charge in [0.2, 0.25) is 15.9 Å². The Bertz CT molecular complexity index is 1110. The molecule has 1 aromatic heterocycles. The average molecular weight is 475 g/mol. The number of nitrogens with zero attached hydrogens (tertiary/aromatic N) is 1. The zero-order valence-electron chi connectivity index (χ0n) is 16.8. The summed E-state index contributed by atoms with van der Waals surface area (Å²) < 4.78 is 27.2. The van der Waals surface area contributed by atoms with Crippen LogP contribution in [0, 0.1) is 5.92 Å². The predicted octanol–water partition coefficient (Wildman–Crippen LogP) is 4.71. The van der Waals surface area contributed by atoms with Crippen LogP contribution in [0.1, 0.15) is 29.3 Å². The molecule has 1 N–H and O–H groups in total. The van der Waals surface area contributed by atoms with Gasteiger partial charge in [-0.2, -0.15) is 4.31 Å². The molecule has 1 saturated heterocycles. The second-order valence-corrected chi connectivity index (χ2v) is 10.9. The summed E-state index contributed by atoms with van der Waals surface area (Å²) in [6.07, 6.45) is 0.981. The van der Waals surface area contributed by atoms with E-state index in [4.69, 9.17) is 11.6 Å². The fraction of sp³-hybridized carbons (Fsp3) is 0.261. The van der Waals surface area contributed by atoms with Crippen molar-refractivity contribution in [3.63, 3.8) is 0 Å². The number of rotatable bonds is 6. The van der Waals surface area contributed by atoms with Crippen LogP contribution in [0.2, 0.25) is 5.02 Å². The Hall–Kier alpha value is -2.19. The molecule has 2 aromatic carbocycles. The highest BCUT2D eigenvalue weighted by atomic mass is 35.5. The molecule has 31 heavy (non-hydrogen) atoms. The lowest BCUT2D eigenvalue weighted by Crippen LogP contribution is -2.43. The number of hydrogen-bond acceptors (Lipinski definition) is 4. The van der Waals surface area contributed by atoms with Gasteiger partial charge in [0, 0.05) is 28.9 Å². The molecule has 4 rings (SSSR count). The summed E-state index contributed by atoms with van der Waals surface area (Å²) in [6.45, 7) is 0.635. The highest BCUT2D eigenvalue weighted by molar-refractivity contribution is 7.89. The van der Waals surface area contributed by atoms with Crippen LogP contribution in [0.3, 0.4) is 0 Å². The van der Waals surface area contributed by atoms with E-state index in [0.717, 1.165) is 10.4 Å². The number of nitrogens with one attached hydrogen (secondary N) is 1. The molecule has 3 aromatic rings. The molecule has 5 nitrogen and oxygen atoms in total. The van der Waals surface area contributed by atoms with Gasteiger partial charge in [-0.25, -0.2) is 8.42 Å². The van der Waals surface area contributed by atoms with Crippen molar-refractivity contribution in [2.45, 2.75) is 23.8 Å². The second kappa shape index (κ2) is 9.53. The topological polar surface area (TPSA) is 66.5 Å². The standard InChI is InChI=1S/C23H23ClN2O3S2/c24-19-8-10-20(11-9-19)31(28,29)26-14-12-18(13-15-26)23(27)25-22(21-7-4-16-30-21)17-5-2-1-3-6-17/h1-11,16,18,22H,12-15H2,(H,25,27)/t22-/m0/s1. The molecule has 1 atom stereocenters. The number of thiophene rings is 1. The summed E-state index contributed by atoms with van der Waals surface area (Å²) >= 11 is 7.48. The largest absolute Gasteiger partial charge is 0.344 e. The lowest BCUT2D eigenvalue weighted by molar-refractivity contribution is -0.126. The van der Waals surface area contributed by atoms with Crippen molar-refractivity contribution in [3.05, 3.63) is 87.6 Å². The zero-order chi connectivity index (χ0) is 21.8. The van der Waals surface area contributed by atoms with Crippen molar-refractivity contribution >= 4 is 38.9 Å². The smallest absolute Gasteiger partial charge is 0.243 e. The molecule has 1 aliphatic rings. The number of halogens is 1. The van der Waals surface area contributed by atoms with Gasteiger partial charge >= 0.3 is 0 Å². The molecule has 8 heteroatoms. The van der Waals surface area contributed by atoms with E-state index < -0.39 is 10.0 Å². The van der Waals surface area contributed by atoms with Crippen LogP contribution in [0.25, 0.3) is 0 Å². The minimum absolute atomic E-state index is 0.0363. The van der Waals surface area contributed by atoms with Crippen molar-refractivity contribution in [1.29, 1.82) is 0 Å². The molecule has 162 valence electrons. The molecule has 1 aliphatic heterocycles. The highest BCUT2D eigenvalue weighted by Gasteiger charge is 2.33. The van der Waals surface area contributed by atoms with Crippen LogP contribution in [0.5, 0.6) is 0 Å². The van der Waals surface area contributed by atoms with Gasteiger partial charge in [-0.05, 0) is 54.1 Å². The summed E-state index contributed by atoms with van der Waals surface area (Å²) in [5, 5.41) is 5.68. The van der Waals surface area contributed by atoms with E-state index in [-0.39, 0.29) is 22.8 Å². The van der Waals surface area contributed by atoms with Crippen molar-refractivity contribution in [1.82, 2.24) is 9.62 Å². The molecule has 0 aliphatic carbocycles. The number of hydrogen-bond donors (Lipinski definition) is 1. The summed E-state index contributed by atoms with van der Waals surface area (Å²) in [4.78, 5) is 14.3. The molecule has 0 saturated carbocycles. The fourth-order valence-corrected chi connectivity index (χ4v) is 6.19. The molecule has 1 fully saturated rings. The number of amides is 1. The quantitative estimate of drug-likeness (QED) is 0.562. The first-order valence-corrected chi connectivity index (χ1v) is 12.8. The first kappa shape index (κ1) is 22.0. The molecule has 0 radical (unpaired) electrons. The van der Waals surface area contributed by atoms with E-state index in [2.05, 4.69) is 5.32 Å². The van der Waals surface area contributed by atoms with Crippen LogP contribution in [0.15, 0.2) is 77.0 Å². The van der Waals surface area contributed by atoms with Gasteiger partial charge < -0.3 is 5.32 Å². The van der Waals surface area contributed by atoms with Crippen molar-refractivity contribution in [2.75, 3.05) is 13.1 Å². The predicted molar refractivity (Wildman–Crippen MR) is 124 cm³/mol. The summed E-state index contributed by atoms with van der Waals surface area (Å²) in [5.74, 6) is -0.256. The molecule has 1 amide bonds. The lowest BCUT2D eigenvalue weighted by atomic mass is 9.96. The lowest BCUT2D eigenvalue weighted by Gasteiger charge is -2.31. The second-order valence-electron chi connectivity index (χ2n) is 7.50. The Labute approximate surface area is 191 Å². The van der Waals surface area contributed by atoms with Gasteiger partial charge in [0.05, 0.1) is 10.9 Å². The van der Waals surface area contributed by atoms with Crippen LogP contribution >= 0.6 is 22.9 Å². The van der Waals surface area contributed by atoms with Gasteiger partial charge in [0.1, 0.15) is 0 Å². The number of benzene rings is 2. The molecular formula is C23H23ClN2O3S2. The number of piperidine rings is 1.